The molecule has 0 bridgehead atoms. The van der Waals surface area contributed by atoms with E-state index in [9.17, 15) is 14.4 Å². The van der Waals surface area contributed by atoms with Crippen LogP contribution in [0.4, 0.5) is 0 Å². The van der Waals surface area contributed by atoms with E-state index in [1.165, 1.54) is 0 Å². The first-order valence-corrected chi connectivity index (χ1v) is 6.88. The van der Waals surface area contributed by atoms with E-state index in [4.69, 9.17) is 5.11 Å². The molecule has 1 aromatic rings. The molecule has 5 nitrogen and oxygen atoms in total. The van der Waals surface area contributed by atoms with Crippen LogP contribution < -0.4 is 0 Å². The summed E-state index contributed by atoms with van der Waals surface area (Å²) in [6.07, 6.45) is -0.114. The molecular weight excluding hydrogens is 270 g/mol. The van der Waals surface area contributed by atoms with E-state index in [0.29, 0.717) is 11.1 Å². The number of rotatable bonds is 3. The zero-order chi connectivity index (χ0) is 15.8. The van der Waals surface area contributed by atoms with E-state index in [0.717, 1.165) is 4.90 Å². The van der Waals surface area contributed by atoms with Gasteiger partial charge in [0.05, 0.1) is 18.9 Å². The highest BCUT2D eigenvalue weighted by Crippen LogP contribution is 2.31. The molecule has 0 spiro atoms. The maximum Gasteiger partial charge on any atom is 0.305 e. The zero-order valence-corrected chi connectivity index (χ0v) is 12.4. The first-order valence-electron chi connectivity index (χ1n) is 6.88. The number of fused-ring (bicyclic) bond motifs is 1. The molecule has 1 aromatic carbocycles. The summed E-state index contributed by atoms with van der Waals surface area (Å²) in [5.74, 6) is -1.75. The minimum absolute atomic E-state index is 0.133. The van der Waals surface area contributed by atoms with Crippen LogP contribution in [0.2, 0.25) is 0 Å². The Hall–Kier alpha value is -2.17. The number of carbonyl (C=O) groups excluding carboxylic acids is 2. The van der Waals surface area contributed by atoms with Crippen LogP contribution in [-0.2, 0) is 16.0 Å². The second-order valence-electron chi connectivity index (χ2n) is 6.38. The number of amides is 2. The molecule has 1 atom stereocenters. The van der Waals surface area contributed by atoms with Crippen molar-refractivity contribution in [3.63, 3.8) is 0 Å². The van der Waals surface area contributed by atoms with Crippen molar-refractivity contribution in [2.75, 3.05) is 0 Å². The molecule has 2 rings (SSSR count). The van der Waals surface area contributed by atoms with Crippen LogP contribution in [0, 0.1) is 5.41 Å². The standard InChI is InChI=1S/C16H19NO4/c1-16(2,3)12(9-14(19)20)17-13(18)8-10-6-4-5-7-11(10)15(17)21/h4-7,12H,8-9H2,1-3H3,(H,19,20). The van der Waals surface area contributed by atoms with Crippen molar-refractivity contribution in [3.8, 4) is 0 Å². The summed E-state index contributed by atoms with van der Waals surface area (Å²) in [5, 5.41) is 9.10. The van der Waals surface area contributed by atoms with E-state index >= 15 is 0 Å². The summed E-state index contributed by atoms with van der Waals surface area (Å²) >= 11 is 0. The maximum absolute atomic E-state index is 12.6. The SMILES string of the molecule is CC(C)(C)C(CC(=O)O)N1C(=O)Cc2ccccc2C1=O. The van der Waals surface area contributed by atoms with Crippen LogP contribution in [0.1, 0.15) is 43.1 Å². The summed E-state index contributed by atoms with van der Waals surface area (Å²) in [4.78, 5) is 37.2. The number of aliphatic carboxylic acids is 1. The molecule has 1 heterocycles. The lowest BCUT2D eigenvalue weighted by Crippen LogP contribution is -2.54. The lowest BCUT2D eigenvalue weighted by atomic mass is 9.82. The summed E-state index contributed by atoms with van der Waals surface area (Å²) in [5.41, 5.74) is 0.680. The minimum Gasteiger partial charge on any atom is -0.481 e. The topological polar surface area (TPSA) is 74.7 Å². The van der Waals surface area contributed by atoms with Crippen molar-refractivity contribution >= 4 is 17.8 Å². The van der Waals surface area contributed by atoms with Crippen molar-refractivity contribution in [3.05, 3.63) is 35.4 Å². The van der Waals surface area contributed by atoms with E-state index in [1.807, 2.05) is 20.8 Å². The molecule has 0 radical (unpaired) electrons. The monoisotopic (exact) mass is 289 g/mol. The van der Waals surface area contributed by atoms with Crippen molar-refractivity contribution in [1.29, 1.82) is 0 Å². The highest BCUT2D eigenvalue weighted by molar-refractivity contribution is 6.10. The maximum atomic E-state index is 12.6. The Morgan fingerprint density at radius 2 is 1.90 bits per heavy atom. The Morgan fingerprint density at radius 3 is 2.48 bits per heavy atom. The van der Waals surface area contributed by atoms with Gasteiger partial charge < -0.3 is 5.11 Å². The Bertz CT molecular complexity index is 601. The average Bonchev–Trinajstić information content (AvgIpc) is 2.36. The molecule has 1 unspecified atom stereocenters. The number of carbonyl (C=O) groups is 3. The average molecular weight is 289 g/mol. The Morgan fingerprint density at radius 1 is 1.29 bits per heavy atom. The van der Waals surface area contributed by atoms with Gasteiger partial charge in [0, 0.05) is 5.56 Å². The van der Waals surface area contributed by atoms with Crippen LogP contribution in [0.25, 0.3) is 0 Å². The van der Waals surface area contributed by atoms with Gasteiger partial charge in [-0.3, -0.25) is 19.3 Å². The normalized spacial score (nSPS) is 16.6. The molecule has 112 valence electrons. The Balaban J connectivity index is 2.44. The first-order chi connectivity index (χ1) is 9.71. The summed E-state index contributed by atoms with van der Waals surface area (Å²) < 4.78 is 0. The quantitative estimate of drug-likeness (QED) is 0.865. The molecule has 2 amide bonds. The van der Waals surface area contributed by atoms with Gasteiger partial charge in [-0.15, -0.1) is 0 Å². The lowest BCUT2D eigenvalue weighted by molar-refractivity contribution is -0.141. The van der Waals surface area contributed by atoms with Gasteiger partial charge in [0.15, 0.2) is 0 Å². The summed E-state index contributed by atoms with van der Waals surface area (Å²) in [6, 6.07) is 6.30. The molecular formula is C16H19NO4. The van der Waals surface area contributed by atoms with Gasteiger partial charge in [-0.2, -0.15) is 0 Å². The number of benzene rings is 1. The summed E-state index contributed by atoms with van der Waals surface area (Å²) in [7, 11) is 0. The van der Waals surface area contributed by atoms with Gasteiger partial charge in [0.25, 0.3) is 5.91 Å². The van der Waals surface area contributed by atoms with Crippen LogP contribution >= 0.6 is 0 Å². The van der Waals surface area contributed by atoms with Crippen LogP contribution in [-0.4, -0.2) is 33.8 Å². The lowest BCUT2D eigenvalue weighted by Gasteiger charge is -2.40. The fourth-order valence-corrected chi connectivity index (χ4v) is 2.64. The third kappa shape index (κ3) is 2.96. The van der Waals surface area contributed by atoms with Crippen molar-refractivity contribution in [2.45, 2.75) is 39.7 Å². The van der Waals surface area contributed by atoms with E-state index in [-0.39, 0.29) is 18.7 Å². The predicted octanol–water partition coefficient (Wildman–Crippen LogP) is 2.10. The van der Waals surface area contributed by atoms with Crippen LogP contribution in [0.15, 0.2) is 24.3 Å². The molecule has 1 aliphatic heterocycles. The van der Waals surface area contributed by atoms with Gasteiger partial charge in [-0.05, 0) is 17.0 Å². The number of hydrogen-bond donors (Lipinski definition) is 1. The number of hydrogen-bond acceptors (Lipinski definition) is 3. The Labute approximate surface area is 123 Å². The van der Waals surface area contributed by atoms with Gasteiger partial charge in [0.2, 0.25) is 5.91 Å². The number of imide groups is 1. The fraction of sp³-hybridized carbons (Fsp3) is 0.438. The third-order valence-corrected chi connectivity index (χ3v) is 3.76. The molecule has 0 aliphatic carbocycles. The van der Waals surface area contributed by atoms with Crippen LogP contribution in [0.5, 0.6) is 0 Å². The predicted molar refractivity (Wildman–Crippen MR) is 76.8 cm³/mol. The molecule has 1 N–H and O–H groups in total. The second kappa shape index (κ2) is 5.31. The minimum atomic E-state index is -1.02. The van der Waals surface area contributed by atoms with Gasteiger partial charge in [-0.25, -0.2) is 0 Å². The van der Waals surface area contributed by atoms with Gasteiger partial charge >= 0.3 is 5.97 Å². The molecule has 0 saturated carbocycles. The second-order valence-corrected chi connectivity index (χ2v) is 6.38. The highest BCUT2D eigenvalue weighted by Gasteiger charge is 2.41. The molecule has 21 heavy (non-hydrogen) atoms. The molecule has 0 aromatic heterocycles. The fourth-order valence-electron chi connectivity index (χ4n) is 2.64. The smallest absolute Gasteiger partial charge is 0.305 e. The number of carboxylic acids is 1. The van der Waals surface area contributed by atoms with E-state index in [2.05, 4.69) is 0 Å². The molecule has 1 aliphatic rings. The van der Waals surface area contributed by atoms with Crippen molar-refractivity contribution in [2.24, 2.45) is 5.41 Å². The molecule has 0 saturated heterocycles. The van der Waals surface area contributed by atoms with Gasteiger partial charge in [-0.1, -0.05) is 39.0 Å². The van der Waals surface area contributed by atoms with Crippen molar-refractivity contribution < 1.29 is 19.5 Å². The van der Waals surface area contributed by atoms with Gasteiger partial charge in [0.1, 0.15) is 0 Å². The Kier molecular flexibility index (Phi) is 3.85. The largest absolute Gasteiger partial charge is 0.481 e. The first kappa shape index (κ1) is 15.2. The number of carboxylic acid groups (broad SMARTS) is 1. The third-order valence-electron chi connectivity index (χ3n) is 3.76. The summed E-state index contributed by atoms with van der Waals surface area (Å²) in [6.45, 7) is 5.50. The van der Waals surface area contributed by atoms with E-state index < -0.39 is 23.3 Å². The molecule has 5 heteroatoms. The highest BCUT2D eigenvalue weighted by atomic mass is 16.4. The number of nitrogens with zero attached hydrogens (tertiary/aromatic N) is 1. The van der Waals surface area contributed by atoms with E-state index in [1.54, 1.807) is 24.3 Å². The zero-order valence-electron chi connectivity index (χ0n) is 12.4. The van der Waals surface area contributed by atoms with Crippen molar-refractivity contribution in [1.82, 2.24) is 4.90 Å². The molecule has 0 fully saturated rings. The van der Waals surface area contributed by atoms with Crippen LogP contribution in [0.3, 0.4) is 0 Å².